The third-order valence-corrected chi connectivity index (χ3v) is 2.38. The lowest BCUT2D eigenvalue weighted by Gasteiger charge is -2.11. The van der Waals surface area contributed by atoms with Crippen LogP contribution in [0.3, 0.4) is 0 Å². The zero-order chi connectivity index (χ0) is 11.4. The van der Waals surface area contributed by atoms with E-state index in [1.807, 2.05) is 0 Å². The topological polar surface area (TPSA) is 55.5 Å². The molecule has 0 aromatic heterocycles. The molecule has 1 rings (SSSR count). The van der Waals surface area contributed by atoms with E-state index in [0.717, 1.165) is 0 Å². The molecule has 0 amide bonds. The minimum Gasteiger partial charge on any atom is -0.504 e. The van der Waals surface area contributed by atoms with Crippen molar-refractivity contribution in [3.63, 3.8) is 0 Å². The highest BCUT2D eigenvalue weighted by Gasteiger charge is 2.16. The lowest BCUT2D eigenvalue weighted by Crippen LogP contribution is -2.03. The molecule has 0 aliphatic rings. The summed E-state index contributed by atoms with van der Waals surface area (Å²) in [4.78, 5) is 0. The van der Waals surface area contributed by atoms with Gasteiger partial charge in [-0.15, -0.1) is 0 Å². The molecule has 0 atom stereocenters. The minimum absolute atomic E-state index is 0.0586. The molecule has 0 saturated heterocycles. The Bertz CT molecular complexity index is 358. The summed E-state index contributed by atoms with van der Waals surface area (Å²) in [6.45, 7) is 0.424. The number of hydrogen-bond acceptors (Lipinski definition) is 3. The van der Waals surface area contributed by atoms with Crippen LogP contribution in [-0.2, 0) is 6.42 Å². The summed E-state index contributed by atoms with van der Waals surface area (Å²) in [6, 6.07) is 1.25. The summed E-state index contributed by atoms with van der Waals surface area (Å²) in [7, 11) is 1.38. The third kappa shape index (κ3) is 2.52. The Balaban J connectivity index is 3.15. The van der Waals surface area contributed by atoms with Gasteiger partial charge in [0.15, 0.2) is 11.5 Å². The number of phenolic OH excluding ortho intramolecular Hbond substituents is 1. The largest absolute Gasteiger partial charge is 0.504 e. The van der Waals surface area contributed by atoms with Crippen molar-refractivity contribution in [3.8, 4) is 11.5 Å². The molecular formula is C10H13ClFNO2. The Morgan fingerprint density at radius 2 is 2.27 bits per heavy atom. The smallest absolute Gasteiger partial charge is 0.163 e. The van der Waals surface area contributed by atoms with Gasteiger partial charge in [-0.25, -0.2) is 4.39 Å². The average Bonchev–Trinajstić information content (AvgIpc) is 2.23. The predicted octanol–water partition coefficient (Wildman–Crippen LogP) is 2.08. The van der Waals surface area contributed by atoms with Gasteiger partial charge in [-0.05, 0) is 19.4 Å². The maximum atomic E-state index is 13.5. The van der Waals surface area contributed by atoms with Gasteiger partial charge in [0.25, 0.3) is 0 Å². The van der Waals surface area contributed by atoms with Gasteiger partial charge in [0, 0.05) is 11.6 Å². The van der Waals surface area contributed by atoms with Crippen molar-refractivity contribution in [1.29, 1.82) is 0 Å². The minimum atomic E-state index is -0.608. The highest BCUT2D eigenvalue weighted by atomic mass is 35.5. The van der Waals surface area contributed by atoms with Crippen LogP contribution in [0, 0.1) is 5.82 Å². The second-order valence-corrected chi connectivity index (χ2v) is 3.50. The third-order valence-electron chi connectivity index (χ3n) is 2.10. The summed E-state index contributed by atoms with van der Waals surface area (Å²) >= 11 is 5.65. The Labute approximate surface area is 92.6 Å². The number of hydrogen-bond donors (Lipinski definition) is 2. The molecule has 84 valence electrons. The molecule has 15 heavy (non-hydrogen) atoms. The Kier molecular flexibility index (Phi) is 4.17. The molecule has 0 bridgehead atoms. The predicted molar refractivity (Wildman–Crippen MR) is 57.0 cm³/mol. The molecule has 0 spiro atoms. The van der Waals surface area contributed by atoms with Crippen LogP contribution >= 0.6 is 11.6 Å². The maximum Gasteiger partial charge on any atom is 0.163 e. The van der Waals surface area contributed by atoms with Gasteiger partial charge < -0.3 is 15.6 Å². The number of halogens is 2. The Hall–Kier alpha value is -1.00. The molecule has 0 fully saturated rings. The fourth-order valence-electron chi connectivity index (χ4n) is 1.31. The highest BCUT2D eigenvalue weighted by molar-refractivity contribution is 6.31. The van der Waals surface area contributed by atoms with Gasteiger partial charge in [0.2, 0.25) is 0 Å². The first-order valence-electron chi connectivity index (χ1n) is 4.55. The first-order valence-corrected chi connectivity index (χ1v) is 4.93. The van der Waals surface area contributed by atoms with Crippen LogP contribution < -0.4 is 10.5 Å². The van der Waals surface area contributed by atoms with Gasteiger partial charge in [-0.3, -0.25) is 0 Å². The second-order valence-electron chi connectivity index (χ2n) is 3.09. The molecule has 0 radical (unpaired) electrons. The molecule has 0 unspecified atom stereocenters. The van der Waals surface area contributed by atoms with Crippen LogP contribution in [0.15, 0.2) is 6.07 Å². The quantitative estimate of drug-likeness (QED) is 0.837. The molecule has 3 N–H and O–H groups in total. The lowest BCUT2D eigenvalue weighted by molar-refractivity contribution is 0.366. The Morgan fingerprint density at radius 1 is 1.60 bits per heavy atom. The van der Waals surface area contributed by atoms with Crippen LogP contribution in [0.25, 0.3) is 0 Å². The number of aromatic hydroxyl groups is 1. The van der Waals surface area contributed by atoms with Crippen LogP contribution in [0.1, 0.15) is 12.0 Å². The van der Waals surface area contributed by atoms with E-state index < -0.39 is 5.82 Å². The van der Waals surface area contributed by atoms with Gasteiger partial charge in [0.1, 0.15) is 5.82 Å². The summed E-state index contributed by atoms with van der Waals surface area (Å²) in [5.41, 5.74) is 5.47. The maximum absolute atomic E-state index is 13.5. The average molecular weight is 234 g/mol. The van der Waals surface area contributed by atoms with Crippen LogP contribution in [0.2, 0.25) is 5.02 Å². The number of methoxy groups -OCH3 is 1. The normalized spacial score (nSPS) is 10.4. The number of ether oxygens (including phenoxy) is 1. The standard InChI is InChI=1S/C10H13ClFNO2/c1-15-8-5-7(11)9(12)6(10(8)14)3-2-4-13/h5,14H,2-4,13H2,1H3. The van der Waals surface area contributed by atoms with Crippen LogP contribution in [0.4, 0.5) is 4.39 Å². The van der Waals surface area contributed by atoms with Gasteiger partial charge in [-0.1, -0.05) is 11.6 Å². The van der Waals surface area contributed by atoms with Crippen molar-refractivity contribution in [1.82, 2.24) is 0 Å². The molecule has 0 heterocycles. The van der Waals surface area contributed by atoms with Gasteiger partial charge in [0.05, 0.1) is 12.1 Å². The Morgan fingerprint density at radius 3 is 2.80 bits per heavy atom. The first-order chi connectivity index (χ1) is 7.11. The van der Waals surface area contributed by atoms with Crippen molar-refractivity contribution in [2.75, 3.05) is 13.7 Å². The summed E-state index contributed by atoms with van der Waals surface area (Å²) < 4.78 is 18.4. The number of rotatable bonds is 4. The zero-order valence-electron chi connectivity index (χ0n) is 8.39. The van der Waals surface area contributed by atoms with E-state index in [0.29, 0.717) is 19.4 Å². The molecule has 5 heteroatoms. The molecule has 0 aliphatic carbocycles. The lowest BCUT2D eigenvalue weighted by atomic mass is 10.1. The molecule has 3 nitrogen and oxygen atoms in total. The SMILES string of the molecule is COc1cc(Cl)c(F)c(CCCN)c1O. The zero-order valence-corrected chi connectivity index (χ0v) is 9.14. The number of benzene rings is 1. The van der Waals surface area contributed by atoms with Crippen molar-refractivity contribution in [2.45, 2.75) is 12.8 Å². The van der Waals surface area contributed by atoms with Crippen molar-refractivity contribution in [2.24, 2.45) is 5.73 Å². The van der Waals surface area contributed by atoms with Crippen molar-refractivity contribution >= 4 is 11.6 Å². The van der Waals surface area contributed by atoms with Crippen molar-refractivity contribution in [3.05, 3.63) is 22.5 Å². The molecule has 1 aromatic carbocycles. The summed E-state index contributed by atoms with van der Waals surface area (Å²) in [6.07, 6.45) is 0.916. The monoisotopic (exact) mass is 233 g/mol. The fraction of sp³-hybridized carbons (Fsp3) is 0.400. The summed E-state index contributed by atoms with van der Waals surface area (Å²) in [5.74, 6) is -0.635. The van der Waals surface area contributed by atoms with E-state index in [2.05, 4.69) is 0 Å². The van der Waals surface area contributed by atoms with E-state index in [-0.39, 0.29) is 22.1 Å². The second kappa shape index (κ2) is 5.19. The highest BCUT2D eigenvalue weighted by Crippen LogP contribution is 2.36. The van der Waals surface area contributed by atoms with Crippen LogP contribution in [-0.4, -0.2) is 18.8 Å². The first kappa shape index (κ1) is 12.1. The molecule has 0 aliphatic heterocycles. The molecular weight excluding hydrogens is 221 g/mol. The van der Waals surface area contributed by atoms with Crippen molar-refractivity contribution < 1.29 is 14.2 Å². The molecule has 0 saturated carbocycles. The number of nitrogens with two attached hydrogens (primary N) is 1. The molecule has 1 aromatic rings. The summed E-state index contributed by atoms with van der Waals surface area (Å²) in [5, 5.41) is 9.60. The van der Waals surface area contributed by atoms with Gasteiger partial charge in [-0.2, -0.15) is 0 Å². The number of phenols is 1. The van der Waals surface area contributed by atoms with E-state index in [1.54, 1.807) is 0 Å². The van der Waals surface area contributed by atoms with Gasteiger partial charge >= 0.3 is 0 Å². The fourth-order valence-corrected chi connectivity index (χ4v) is 1.52. The van der Waals surface area contributed by atoms with E-state index in [4.69, 9.17) is 22.1 Å². The van der Waals surface area contributed by atoms with E-state index in [1.165, 1.54) is 13.2 Å². The van der Waals surface area contributed by atoms with Crippen LogP contribution in [0.5, 0.6) is 11.5 Å². The van der Waals surface area contributed by atoms with E-state index >= 15 is 0 Å². The van der Waals surface area contributed by atoms with E-state index in [9.17, 15) is 9.50 Å².